The Morgan fingerprint density at radius 1 is 1.18 bits per heavy atom. The smallest absolute Gasteiger partial charge is 0.296 e. The lowest BCUT2D eigenvalue weighted by Crippen LogP contribution is -2.47. The molecule has 2 aromatic heterocycles. The molecule has 0 bridgehead atoms. The first-order valence-corrected chi connectivity index (χ1v) is 14.8. The summed E-state index contributed by atoms with van der Waals surface area (Å²) in [5.74, 6) is 0.696. The summed E-state index contributed by atoms with van der Waals surface area (Å²) in [5.41, 5.74) is 2.28. The zero-order valence-corrected chi connectivity index (χ0v) is 23.2. The van der Waals surface area contributed by atoms with Gasteiger partial charge in [0, 0.05) is 50.1 Å². The number of fused-ring (bicyclic) bond motifs is 1. The summed E-state index contributed by atoms with van der Waals surface area (Å²) in [4.78, 5) is 17.6. The molecule has 206 valence electrons. The highest BCUT2D eigenvalue weighted by atomic mass is 35.5. The van der Waals surface area contributed by atoms with Gasteiger partial charge in [-0.3, -0.25) is 4.98 Å². The molecule has 38 heavy (non-hydrogen) atoms. The standard InChI is InChI=1S/C25H33ClN6O5S/c1-16(33)13-36-21-14-35-15-22(21)37-25-28-20-12-19(26)24(29-23(20)30-25)32-10-8-31(9-11-32)17-4-6-18(7-5-17)38(3,34)27-2/h4-7,12,16,21-22,33H,8-11,13-15H2,1-3H3,(H,28,29,30)/t16-,21?,22+,38?/m0/s1. The molecule has 2 saturated heterocycles. The lowest BCUT2D eigenvalue weighted by Gasteiger charge is -2.37. The number of piperazine rings is 1. The number of nitrogens with one attached hydrogen (secondary N) is 1. The number of aromatic nitrogens is 3. The highest BCUT2D eigenvalue weighted by molar-refractivity contribution is 7.93. The summed E-state index contributed by atoms with van der Waals surface area (Å²) < 4.78 is 33.7. The molecule has 4 heterocycles. The van der Waals surface area contributed by atoms with Gasteiger partial charge in [-0.1, -0.05) is 11.6 Å². The van der Waals surface area contributed by atoms with Crippen LogP contribution in [0.3, 0.4) is 0 Å². The number of halogens is 1. The van der Waals surface area contributed by atoms with Crippen molar-refractivity contribution in [3.63, 3.8) is 0 Å². The van der Waals surface area contributed by atoms with Gasteiger partial charge in [0.2, 0.25) is 0 Å². The summed E-state index contributed by atoms with van der Waals surface area (Å²) in [6.07, 6.45) is 0.460. The third-order valence-corrected chi connectivity index (χ3v) is 8.87. The normalized spacial score (nSPS) is 22.4. The first-order chi connectivity index (χ1) is 18.2. The lowest BCUT2D eigenvalue weighted by atomic mass is 10.2. The van der Waals surface area contributed by atoms with Crippen LogP contribution in [0.15, 0.2) is 39.6 Å². The summed E-state index contributed by atoms with van der Waals surface area (Å²) >= 11 is 6.63. The molecule has 2 N–H and O–H groups in total. The zero-order chi connectivity index (χ0) is 26.9. The van der Waals surface area contributed by atoms with Gasteiger partial charge in [-0.25, -0.2) is 13.6 Å². The molecule has 0 aliphatic carbocycles. The average Bonchev–Trinajstić information content (AvgIpc) is 3.53. The number of benzene rings is 1. The van der Waals surface area contributed by atoms with Crippen LogP contribution in [-0.2, 0) is 19.2 Å². The summed E-state index contributed by atoms with van der Waals surface area (Å²) in [6, 6.07) is 9.89. The molecule has 11 nitrogen and oxygen atoms in total. The van der Waals surface area contributed by atoms with E-state index in [1.165, 1.54) is 0 Å². The van der Waals surface area contributed by atoms with E-state index in [9.17, 15) is 9.32 Å². The SMILES string of the molecule is CN=S(C)(=O)c1ccc(N2CCN(c3nc4[nH]c(O[C@@H]5COCC5OC[C@H](C)O)nc4cc3Cl)CC2)cc1. The number of anilines is 2. The Kier molecular flexibility index (Phi) is 7.96. The van der Waals surface area contributed by atoms with Crippen LogP contribution in [0.1, 0.15) is 6.92 Å². The van der Waals surface area contributed by atoms with Crippen LogP contribution >= 0.6 is 11.6 Å². The highest BCUT2D eigenvalue weighted by Crippen LogP contribution is 2.30. The average molecular weight is 565 g/mol. The van der Waals surface area contributed by atoms with Crippen LogP contribution in [0.5, 0.6) is 6.01 Å². The minimum Gasteiger partial charge on any atom is -0.456 e. The van der Waals surface area contributed by atoms with E-state index in [2.05, 4.69) is 24.1 Å². The zero-order valence-electron chi connectivity index (χ0n) is 21.7. The molecule has 0 spiro atoms. The van der Waals surface area contributed by atoms with Gasteiger partial charge in [-0.05, 0) is 37.3 Å². The number of hydrogen-bond acceptors (Lipinski definition) is 10. The van der Waals surface area contributed by atoms with Crippen molar-refractivity contribution in [3.05, 3.63) is 35.4 Å². The Morgan fingerprint density at radius 3 is 2.55 bits per heavy atom. The van der Waals surface area contributed by atoms with Crippen LogP contribution in [0.2, 0.25) is 5.02 Å². The van der Waals surface area contributed by atoms with E-state index >= 15 is 0 Å². The molecule has 2 unspecified atom stereocenters. The van der Waals surface area contributed by atoms with Crippen LogP contribution in [0.25, 0.3) is 11.2 Å². The van der Waals surface area contributed by atoms with E-state index in [0.29, 0.717) is 41.2 Å². The van der Waals surface area contributed by atoms with Gasteiger partial charge in [0.15, 0.2) is 11.8 Å². The first kappa shape index (κ1) is 26.9. The van der Waals surface area contributed by atoms with Crippen molar-refractivity contribution in [1.29, 1.82) is 0 Å². The minimum absolute atomic E-state index is 0.211. The number of rotatable bonds is 8. The highest BCUT2D eigenvalue weighted by Gasteiger charge is 2.32. The number of aromatic amines is 1. The van der Waals surface area contributed by atoms with Gasteiger partial charge in [-0.15, -0.1) is 0 Å². The molecule has 2 fully saturated rings. The Bertz CT molecular complexity index is 1380. The Morgan fingerprint density at radius 2 is 1.87 bits per heavy atom. The van der Waals surface area contributed by atoms with Gasteiger partial charge in [-0.2, -0.15) is 4.98 Å². The molecule has 0 saturated carbocycles. The number of pyridine rings is 1. The second-order valence-corrected chi connectivity index (χ2v) is 12.4. The number of hydrogen-bond donors (Lipinski definition) is 2. The fraction of sp³-hybridized carbons (Fsp3) is 0.520. The van der Waals surface area contributed by atoms with E-state index in [4.69, 9.17) is 30.8 Å². The summed E-state index contributed by atoms with van der Waals surface area (Å²) in [7, 11) is -0.758. The molecular formula is C25H33ClN6O5S. The summed E-state index contributed by atoms with van der Waals surface area (Å²) in [6.45, 7) is 5.73. The van der Waals surface area contributed by atoms with E-state index < -0.39 is 15.8 Å². The van der Waals surface area contributed by atoms with E-state index in [-0.39, 0.29) is 18.8 Å². The van der Waals surface area contributed by atoms with Crippen molar-refractivity contribution >= 4 is 44.0 Å². The molecule has 4 atom stereocenters. The van der Waals surface area contributed by atoms with Crippen molar-refractivity contribution < 1.29 is 23.5 Å². The van der Waals surface area contributed by atoms with Crippen LogP contribution in [-0.4, -0.2) is 102 Å². The maximum atomic E-state index is 12.5. The fourth-order valence-electron chi connectivity index (χ4n) is 4.54. The molecule has 1 aromatic carbocycles. The van der Waals surface area contributed by atoms with Crippen molar-refractivity contribution in [3.8, 4) is 6.01 Å². The molecule has 0 radical (unpaired) electrons. The maximum Gasteiger partial charge on any atom is 0.296 e. The topological polar surface area (TPSA) is 125 Å². The van der Waals surface area contributed by atoms with Crippen LogP contribution in [0, 0.1) is 0 Å². The Hall–Kier alpha value is -2.64. The first-order valence-electron chi connectivity index (χ1n) is 12.5. The molecular weight excluding hydrogens is 532 g/mol. The number of aliphatic hydroxyl groups excluding tert-OH is 1. The monoisotopic (exact) mass is 564 g/mol. The van der Waals surface area contributed by atoms with Gasteiger partial charge in [0.1, 0.15) is 17.4 Å². The number of nitrogens with zero attached hydrogens (tertiary/aromatic N) is 5. The van der Waals surface area contributed by atoms with E-state index in [1.807, 2.05) is 24.3 Å². The van der Waals surface area contributed by atoms with Gasteiger partial charge < -0.3 is 29.1 Å². The van der Waals surface area contributed by atoms with Crippen molar-refractivity contribution in [1.82, 2.24) is 15.0 Å². The third kappa shape index (κ3) is 5.84. The molecule has 3 aromatic rings. The van der Waals surface area contributed by atoms with Crippen LogP contribution < -0.4 is 14.5 Å². The van der Waals surface area contributed by atoms with E-state index in [1.54, 1.807) is 26.3 Å². The second kappa shape index (κ2) is 11.2. The number of ether oxygens (including phenoxy) is 3. The predicted octanol–water partition coefficient (Wildman–Crippen LogP) is 2.57. The van der Waals surface area contributed by atoms with E-state index in [0.717, 1.165) is 36.8 Å². The Labute approximate surface area is 227 Å². The number of aliphatic hydroxyl groups is 1. The third-order valence-electron chi connectivity index (χ3n) is 6.74. The maximum absolute atomic E-state index is 12.5. The Balaban J connectivity index is 1.24. The molecule has 2 aliphatic heterocycles. The molecule has 13 heteroatoms. The van der Waals surface area contributed by atoms with Gasteiger partial charge in [0.25, 0.3) is 6.01 Å². The van der Waals surface area contributed by atoms with Crippen molar-refractivity contribution in [2.75, 3.05) is 69.1 Å². The predicted molar refractivity (Wildman–Crippen MR) is 147 cm³/mol. The summed E-state index contributed by atoms with van der Waals surface area (Å²) in [5, 5.41) is 10.0. The largest absolute Gasteiger partial charge is 0.456 e. The second-order valence-electron chi connectivity index (χ2n) is 9.57. The van der Waals surface area contributed by atoms with Gasteiger partial charge in [0.05, 0.1) is 40.7 Å². The number of imidazole rings is 1. The molecule has 2 aliphatic rings. The fourth-order valence-corrected chi connectivity index (χ4v) is 5.66. The quantitative estimate of drug-likeness (QED) is 0.424. The number of H-pyrrole nitrogens is 1. The minimum atomic E-state index is -2.34. The van der Waals surface area contributed by atoms with Crippen molar-refractivity contribution in [2.24, 2.45) is 4.36 Å². The lowest BCUT2D eigenvalue weighted by molar-refractivity contribution is -0.0371. The van der Waals surface area contributed by atoms with Crippen molar-refractivity contribution in [2.45, 2.75) is 30.1 Å². The van der Waals surface area contributed by atoms with Crippen LogP contribution in [0.4, 0.5) is 11.5 Å². The molecule has 5 rings (SSSR count). The van der Waals surface area contributed by atoms with Gasteiger partial charge >= 0.3 is 0 Å². The molecule has 0 amide bonds.